The first-order chi connectivity index (χ1) is 16.0. The number of hydrogen-bond donors (Lipinski definition) is 3. The van der Waals surface area contributed by atoms with Crippen LogP contribution >= 0.6 is 0 Å². The highest BCUT2D eigenvalue weighted by Gasteiger charge is 2.21. The van der Waals surface area contributed by atoms with E-state index in [-0.39, 0.29) is 23.1 Å². The summed E-state index contributed by atoms with van der Waals surface area (Å²) in [7, 11) is 1.59. The molecule has 8 heteroatoms. The van der Waals surface area contributed by atoms with Crippen LogP contribution in [0.4, 0.5) is 27.4 Å². The fraction of sp³-hybridized carbons (Fsp3) is 0.0800. The summed E-state index contributed by atoms with van der Waals surface area (Å²) in [5, 5.41) is 13.1. The van der Waals surface area contributed by atoms with E-state index in [4.69, 9.17) is 4.74 Å². The topological polar surface area (TPSA) is 91.4 Å². The molecule has 0 atom stereocenters. The maximum Gasteiger partial charge on any atom is 0.263 e. The molecule has 0 radical (unpaired) electrons. The minimum absolute atomic E-state index is 0.194. The molecule has 1 amide bonds. The molecule has 3 aromatic carbocycles. The molecule has 3 N–H and O–H groups in total. The number of carbonyl (C=O) groups is 1. The molecular weight excluding hydrogens is 421 g/mol. The number of nitrogens with zero attached hydrogens (tertiary/aromatic N) is 2. The molecular formula is C25H22FN5O2. The van der Waals surface area contributed by atoms with Crippen LogP contribution in [0.5, 0.6) is 5.75 Å². The quantitative estimate of drug-likeness (QED) is 0.324. The first-order valence-electron chi connectivity index (χ1n) is 10.2. The molecule has 0 saturated carbocycles. The molecule has 0 aliphatic heterocycles. The summed E-state index contributed by atoms with van der Waals surface area (Å²) < 4.78 is 18.4. The first kappa shape index (κ1) is 21.8. The van der Waals surface area contributed by atoms with Gasteiger partial charge >= 0.3 is 0 Å². The van der Waals surface area contributed by atoms with Gasteiger partial charge in [0.1, 0.15) is 22.9 Å². The van der Waals surface area contributed by atoms with E-state index in [0.717, 1.165) is 11.3 Å². The van der Waals surface area contributed by atoms with E-state index in [0.29, 0.717) is 22.8 Å². The lowest BCUT2D eigenvalue weighted by atomic mass is 10.2. The highest BCUT2D eigenvalue weighted by molar-refractivity contribution is 6.11. The first-order valence-corrected chi connectivity index (χ1v) is 10.2. The van der Waals surface area contributed by atoms with Crippen molar-refractivity contribution in [2.24, 2.45) is 4.99 Å². The van der Waals surface area contributed by atoms with Crippen molar-refractivity contribution in [1.82, 2.24) is 10.2 Å². The second-order valence-electron chi connectivity index (χ2n) is 7.28. The Morgan fingerprint density at radius 3 is 2.33 bits per heavy atom. The summed E-state index contributed by atoms with van der Waals surface area (Å²) in [4.78, 5) is 17.6. The van der Waals surface area contributed by atoms with Crippen molar-refractivity contribution in [3.8, 4) is 5.75 Å². The Morgan fingerprint density at radius 2 is 1.67 bits per heavy atom. The summed E-state index contributed by atoms with van der Waals surface area (Å²) in [5.41, 5.74) is 3.38. The average Bonchev–Trinajstić information content (AvgIpc) is 3.23. The Balaban J connectivity index is 1.65. The third-order valence-corrected chi connectivity index (χ3v) is 4.85. The van der Waals surface area contributed by atoms with E-state index >= 15 is 0 Å². The van der Waals surface area contributed by atoms with Gasteiger partial charge in [-0.25, -0.2) is 9.38 Å². The number of halogens is 1. The molecule has 1 heterocycles. The third-order valence-electron chi connectivity index (χ3n) is 4.85. The number of aliphatic imine (C=N–C) groups is 1. The molecule has 4 aromatic rings. The number of ether oxygens (including phenoxy) is 1. The molecule has 0 aliphatic rings. The number of aromatic amines is 1. The molecule has 0 fully saturated rings. The van der Waals surface area contributed by atoms with Gasteiger partial charge in [-0.2, -0.15) is 5.10 Å². The number of methoxy groups -OCH3 is 1. The zero-order valence-corrected chi connectivity index (χ0v) is 18.1. The van der Waals surface area contributed by atoms with Crippen molar-refractivity contribution < 1.29 is 13.9 Å². The van der Waals surface area contributed by atoms with Crippen LogP contribution in [0.25, 0.3) is 0 Å². The fourth-order valence-corrected chi connectivity index (χ4v) is 3.07. The minimum Gasteiger partial charge on any atom is -0.497 e. The highest BCUT2D eigenvalue weighted by Crippen LogP contribution is 2.28. The molecule has 0 saturated heterocycles. The van der Waals surface area contributed by atoms with E-state index < -0.39 is 0 Å². The number of amides is 1. The Hall–Kier alpha value is -4.46. The van der Waals surface area contributed by atoms with Crippen molar-refractivity contribution in [3.63, 3.8) is 0 Å². The highest BCUT2D eigenvalue weighted by atomic mass is 19.1. The Labute approximate surface area is 190 Å². The van der Waals surface area contributed by atoms with Gasteiger partial charge in [0, 0.05) is 17.6 Å². The van der Waals surface area contributed by atoms with E-state index in [1.165, 1.54) is 18.3 Å². The van der Waals surface area contributed by atoms with Crippen LogP contribution in [-0.4, -0.2) is 29.4 Å². The van der Waals surface area contributed by atoms with E-state index in [1.54, 1.807) is 31.4 Å². The van der Waals surface area contributed by atoms with E-state index in [9.17, 15) is 9.18 Å². The molecule has 33 heavy (non-hydrogen) atoms. The number of H-pyrrole nitrogens is 1. The molecule has 0 bridgehead atoms. The van der Waals surface area contributed by atoms with Crippen LogP contribution < -0.4 is 15.4 Å². The number of hydrogen-bond acceptors (Lipinski definition) is 5. The van der Waals surface area contributed by atoms with E-state index in [2.05, 4.69) is 25.8 Å². The molecule has 166 valence electrons. The van der Waals surface area contributed by atoms with Crippen LogP contribution in [0.3, 0.4) is 0 Å². The summed E-state index contributed by atoms with van der Waals surface area (Å²) >= 11 is 0. The Kier molecular flexibility index (Phi) is 6.45. The molecule has 1 aromatic heterocycles. The van der Waals surface area contributed by atoms with Crippen molar-refractivity contribution in [2.75, 3.05) is 17.7 Å². The predicted octanol–water partition coefficient (Wildman–Crippen LogP) is 5.61. The summed E-state index contributed by atoms with van der Waals surface area (Å²) in [6.45, 7) is 1.97. The van der Waals surface area contributed by atoms with Gasteiger partial charge in [-0.05, 0) is 61.0 Å². The largest absolute Gasteiger partial charge is 0.497 e. The minimum atomic E-state index is -0.380. The van der Waals surface area contributed by atoms with Crippen molar-refractivity contribution in [3.05, 3.63) is 95.3 Å². The maximum atomic E-state index is 13.2. The average molecular weight is 443 g/mol. The lowest BCUT2D eigenvalue weighted by molar-refractivity contribution is 0.102. The van der Waals surface area contributed by atoms with Gasteiger partial charge in [-0.3, -0.25) is 9.89 Å². The predicted molar refractivity (Wildman–Crippen MR) is 128 cm³/mol. The van der Waals surface area contributed by atoms with Crippen LogP contribution in [0.15, 0.2) is 77.8 Å². The summed E-state index contributed by atoms with van der Waals surface area (Å²) in [6, 6.07) is 20.6. The van der Waals surface area contributed by atoms with Gasteiger partial charge in [0.15, 0.2) is 5.82 Å². The fourth-order valence-electron chi connectivity index (χ4n) is 3.07. The molecule has 4 rings (SSSR count). The number of carbonyl (C=O) groups excluding carboxylic acids is 1. The molecule has 0 spiro atoms. The number of rotatable bonds is 7. The lowest BCUT2D eigenvalue weighted by Crippen LogP contribution is -2.13. The number of benzene rings is 3. The number of nitrogens with one attached hydrogen (secondary N) is 3. The monoisotopic (exact) mass is 443 g/mol. The summed E-state index contributed by atoms with van der Waals surface area (Å²) in [5.74, 6) is 0.578. The molecule has 0 aliphatic carbocycles. The van der Waals surface area contributed by atoms with Crippen LogP contribution in [-0.2, 0) is 0 Å². The van der Waals surface area contributed by atoms with Gasteiger partial charge < -0.3 is 15.4 Å². The van der Waals surface area contributed by atoms with Gasteiger partial charge in [-0.15, -0.1) is 0 Å². The third kappa shape index (κ3) is 5.43. The zero-order valence-electron chi connectivity index (χ0n) is 18.1. The number of aromatic nitrogens is 2. The van der Waals surface area contributed by atoms with Gasteiger partial charge in [0.05, 0.1) is 7.11 Å². The standard InChI is InChI=1S/C25H22FN5O2/c1-16-3-9-20(10-4-16)29-25(32)22-23(27-15-17-5-7-18(26)8-6-17)30-31-24(22)28-19-11-13-21(33-2)14-12-19/h3-15H,1-2H3,(H,29,32)(H2,28,30,31). The summed E-state index contributed by atoms with van der Waals surface area (Å²) in [6.07, 6.45) is 1.52. The second kappa shape index (κ2) is 9.78. The van der Waals surface area contributed by atoms with Crippen molar-refractivity contribution in [2.45, 2.75) is 6.92 Å². The normalized spacial score (nSPS) is 10.9. The SMILES string of the molecule is COc1ccc(Nc2[nH]nc(N=Cc3ccc(F)cc3)c2C(=O)Nc2ccc(C)cc2)cc1. The van der Waals surface area contributed by atoms with Crippen molar-refractivity contribution >= 4 is 35.1 Å². The van der Waals surface area contributed by atoms with Crippen molar-refractivity contribution in [1.29, 1.82) is 0 Å². The number of anilines is 3. The Bertz CT molecular complexity index is 1260. The van der Waals surface area contributed by atoms with Gasteiger partial charge in [0.2, 0.25) is 0 Å². The van der Waals surface area contributed by atoms with E-state index in [1.807, 2.05) is 43.3 Å². The molecule has 0 unspecified atom stereocenters. The van der Waals surface area contributed by atoms with Gasteiger partial charge in [-0.1, -0.05) is 29.8 Å². The zero-order chi connectivity index (χ0) is 23.2. The second-order valence-corrected chi connectivity index (χ2v) is 7.28. The Morgan fingerprint density at radius 1 is 1.00 bits per heavy atom. The van der Waals surface area contributed by atoms with Crippen LogP contribution in [0.1, 0.15) is 21.5 Å². The van der Waals surface area contributed by atoms with Gasteiger partial charge in [0.25, 0.3) is 5.91 Å². The number of aryl methyl sites for hydroxylation is 1. The lowest BCUT2D eigenvalue weighted by Gasteiger charge is -2.09. The smallest absolute Gasteiger partial charge is 0.263 e. The van der Waals surface area contributed by atoms with Crippen LogP contribution in [0, 0.1) is 12.7 Å². The van der Waals surface area contributed by atoms with Crippen LogP contribution in [0.2, 0.25) is 0 Å². The maximum absolute atomic E-state index is 13.2. The molecule has 7 nitrogen and oxygen atoms in total.